The monoisotopic (exact) mass is 273 g/mol. The van der Waals surface area contributed by atoms with Crippen LogP contribution >= 0.6 is 0 Å². The predicted molar refractivity (Wildman–Crippen MR) is 84.6 cm³/mol. The second kappa shape index (κ2) is 8.73. The molecule has 0 N–H and O–H groups in total. The third-order valence-electron chi connectivity index (χ3n) is 3.29. The van der Waals surface area contributed by atoms with Gasteiger partial charge >= 0.3 is 0 Å². The summed E-state index contributed by atoms with van der Waals surface area (Å²) in [6.07, 6.45) is 0. The molecule has 1 unspecified atom stereocenters. The van der Waals surface area contributed by atoms with Crippen LogP contribution in [0, 0.1) is 17.2 Å². The van der Waals surface area contributed by atoms with Crippen molar-refractivity contribution in [2.45, 2.75) is 19.8 Å². The Bertz CT molecular complexity index is 406. The molecule has 0 saturated carbocycles. The first-order valence-corrected chi connectivity index (χ1v) is 7.34. The van der Waals surface area contributed by atoms with E-state index in [0.717, 1.165) is 31.7 Å². The molecule has 0 amide bonds. The van der Waals surface area contributed by atoms with Crippen molar-refractivity contribution in [1.82, 2.24) is 9.80 Å². The Morgan fingerprint density at radius 1 is 1.05 bits per heavy atom. The van der Waals surface area contributed by atoms with Crippen molar-refractivity contribution in [2.75, 3.05) is 40.3 Å². The highest BCUT2D eigenvalue weighted by atomic mass is 15.2. The highest BCUT2D eigenvalue weighted by molar-refractivity contribution is 5.25. The predicted octanol–water partition coefficient (Wildman–Crippen LogP) is 2.81. The summed E-state index contributed by atoms with van der Waals surface area (Å²) in [5, 5.41) is 9.45. The molecule has 110 valence electrons. The molecule has 20 heavy (non-hydrogen) atoms. The zero-order chi connectivity index (χ0) is 15.0. The average molecular weight is 273 g/mol. The molecular formula is C17H27N3. The van der Waals surface area contributed by atoms with Crippen molar-refractivity contribution in [2.24, 2.45) is 5.92 Å². The van der Waals surface area contributed by atoms with Gasteiger partial charge in [-0.05, 0) is 25.6 Å². The molecule has 1 rings (SSSR count). The van der Waals surface area contributed by atoms with E-state index in [1.165, 1.54) is 0 Å². The van der Waals surface area contributed by atoms with Gasteiger partial charge in [-0.1, -0.05) is 44.2 Å². The quantitative estimate of drug-likeness (QED) is 0.729. The fraction of sp³-hybridized carbons (Fsp3) is 0.588. The van der Waals surface area contributed by atoms with Crippen LogP contribution in [0.3, 0.4) is 0 Å². The summed E-state index contributed by atoms with van der Waals surface area (Å²) in [7, 11) is 4.18. The molecule has 0 bridgehead atoms. The number of nitriles is 1. The zero-order valence-corrected chi connectivity index (χ0v) is 13.2. The van der Waals surface area contributed by atoms with E-state index in [1.54, 1.807) is 0 Å². The Balaban J connectivity index is 2.68. The van der Waals surface area contributed by atoms with Gasteiger partial charge < -0.3 is 9.80 Å². The van der Waals surface area contributed by atoms with Gasteiger partial charge in [-0.3, -0.25) is 0 Å². The van der Waals surface area contributed by atoms with Crippen LogP contribution in [0.2, 0.25) is 0 Å². The van der Waals surface area contributed by atoms with Crippen molar-refractivity contribution < 1.29 is 0 Å². The van der Waals surface area contributed by atoms with Crippen LogP contribution in [0.5, 0.6) is 0 Å². The lowest BCUT2D eigenvalue weighted by Crippen LogP contribution is -2.37. The molecule has 0 heterocycles. The Hall–Kier alpha value is -1.37. The summed E-state index contributed by atoms with van der Waals surface area (Å²) in [5.74, 6) is 0.574. The number of benzene rings is 1. The van der Waals surface area contributed by atoms with Gasteiger partial charge in [-0.25, -0.2) is 0 Å². The van der Waals surface area contributed by atoms with Crippen LogP contribution in [0.15, 0.2) is 30.3 Å². The first-order valence-electron chi connectivity index (χ1n) is 7.34. The average Bonchev–Trinajstić information content (AvgIpc) is 2.42. The van der Waals surface area contributed by atoms with Crippen LogP contribution in [-0.2, 0) is 0 Å². The lowest BCUT2D eigenvalue weighted by molar-refractivity contribution is 0.215. The molecule has 3 nitrogen and oxygen atoms in total. The Labute approximate surface area is 123 Å². The maximum Gasteiger partial charge on any atom is 0.0839 e. The van der Waals surface area contributed by atoms with E-state index >= 15 is 0 Å². The Morgan fingerprint density at radius 3 is 2.20 bits per heavy atom. The van der Waals surface area contributed by atoms with Gasteiger partial charge in [-0.2, -0.15) is 5.26 Å². The number of hydrogen-bond acceptors (Lipinski definition) is 3. The van der Waals surface area contributed by atoms with Crippen molar-refractivity contribution in [3.05, 3.63) is 35.9 Å². The van der Waals surface area contributed by atoms with E-state index < -0.39 is 0 Å². The Kier molecular flexibility index (Phi) is 7.28. The molecule has 0 radical (unpaired) electrons. The van der Waals surface area contributed by atoms with E-state index in [1.807, 2.05) is 30.3 Å². The number of nitrogens with zero attached hydrogens (tertiary/aromatic N) is 3. The Morgan fingerprint density at radius 2 is 1.70 bits per heavy atom. The third-order valence-corrected chi connectivity index (χ3v) is 3.29. The molecule has 0 aromatic heterocycles. The fourth-order valence-corrected chi connectivity index (χ4v) is 2.28. The summed E-state index contributed by atoms with van der Waals surface area (Å²) in [5.41, 5.74) is 1.12. The number of hydrogen-bond donors (Lipinski definition) is 0. The highest BCUT2D eigenvalue weighted by Crippen LogP contribution is 2.16. The second-order valence-electron chi connectivity index (χ2n) is 6.05. The summed E-state index contributed by atoms with van der Waals surface area (Å²) in [6, 6.07) is 12.6. The largest absolute Gasteiger partial charge is 0.308 e. The summed E-state index contributed by atoms with van der Waals surface area (Å²) >= 11 is 0. The van der Waals surface area contributed by atoms with Crippen molar-refractivity contribution >= 4 is 0 Å². The van der Waals surface area contributed by atoms with Crippen LogP contribution in [-0.4, -0.2) is 50.1 Å². The van der Waals surface area contributed by atoms with Gasteiger partial charge in [0.2, 0.25) is 0 Å². The zero-order valence-electron chi connectivity index (χ0n) is 13.2. The van der Waals surface area contributed by atoms with Crippen LogP contribution in [0.4, 0.5) is 0 Å². The van der Waals surface area contributed by atoms with E-state index in [9.17, 15) is 5.26 Å². The molecular weight excluding hydrogens is 246 g/mol. The topological polar surface area (TPSA) is 30.3 Å². The van der Waals surface area contributed by atoms with Crippen molar-refractivity contribution in [3.8, 4) is 6.07 Å². The summed E-state index contributed by atoms with van der Waals surface area (Å²) in [4.78, 5) is 4.60. The molecule has 0 saturated heterocycles. The van der Waals surface area contributed by atoms with Gasteiger partial charge in [0.15, 0.2) is 0 Å². The highest BCUT2D eigenvalue weighted by Gasteiger charge is 2.16. The van der Waals surface area contributed by atoms with Crippen LogP contribution in [0.25, 0.3) is 0 Å². The summed E-state index contributed by atoms with van der Waals surface area (Å²) < 4.78 is 0. The lowest BCUT2D eigenvalue weighted by atomic mass is 9.99. The molecule has 3 heteroatoms. The van der Waals surface area contributed by atoms with E-state index in [0.29, 0.717) is 5.92 Å². The minimum absolute atomic E-state index is 0.0443. The molecule has 0 fully saturated rings. The molecule has 0 aliphatic rings. The molecule has 0 spiro atoms. The van der Waals surface area contributed by atoms with E-state index in [-0.39, 0.29) is 5.92 Å². The van der Waals surface area contributed by atoms with E-state index in [2.05, 4.69) is 43.8 Å². The minimum Gasteiger partial charge on any atom is -0.308 e. The van der Waals surface area contributed by atoms with Gasteiger partial charge in [0.1, 0.15) is 0 Å². The van der Waals surface area contributed by atoms with Gasteiger partial charge in [0.25, 0.3) is 0 Å². The number of rotatable bonds is 8. The van der Waals surface area contributed by atoms with E-state index in [4.69, 9.17) is 0 Å². The van der Waals surface area contributed by atoms with Crippen LogP contribution < -0.4 is 0 Å². The minimum atomic E-state index is -0.0443. The first-order chi connectivity index (χ1) is 9.52. The molecule has 1 atom stereocenters. The third kappa shape index (κ3) is 6.18. The SMILES string of the molecule is CC(C)CN(CCN(C)C)CC(C#N)c1ccccc1. The first kappa shape index (κ1) is 16.7. The molecule has 0 aliphatic carbocycles. The molecule has 1 aromatic rings. The second-order valence-corrected chi connectivity index (χ2v) is 6.05. The normalized spacial score (nSPS) is 12.9. The smallest absolute Gasteiger partial charge is 0.0839 e. The maximum absolute atomic E-state index is 9.45. The van der Waals surface area contributed by atoms with Gasteiger partial charge in [0, 0.05) is 26.2 Å². The van der Waals surface area contributed by atoms with Crippen LogP contribution in [0.1, 0.15) is 25.3 Å². The number of likely N-dealkylation sites (N-methyl/N-ethyl adjacent to an activating group) is 1. The maximum atomic E-state index is 9.45. The van der Waals surface area contributed by atoms with Crippen molar-refractivity contribution in [1.29, 1.82) is 5.26 Å². The van der Waals surface area contributed by atoms with Gasteiger partial charge in [0.05, 0.1) is 12.0 Å². The van der Waals surface area contributed by atoms with Gasteiger partial charge in [-0.15, -0.1) is 0 Å². The lowest BCUT2D eigenvalue weighted by Gasteiger charge is -2.27. The standard InChI is InChI=1S/C17H27N3/c1-15(2)13-20(11-10-19(3)4)14-17(12-18)16-8-6-5-7-9-16/h5-9,15,17H,10-11,13-14H2,1-4H3. The molecule has 1 aromatic carbocycles. The fourth-order valence-electron chi connectivity index (χ4n) is 2.28. The summed E-state index contributed by atoms with van der Waals surface area (Å²) in [6.45, 7) is 8.35. The molecule has 0 aliphatic heterocycles. The van der Waals surface area contributed by atoms with Crippen molar-refractivity contribution in [3.63, 3.8) is 0 Å².